The van der Waals surface area contributed by atoms with E-state index in [1.54, 1.807) is 11.8 Å². The molecule has 1 amide bonds. The van der Waals surface area contributed by atoms with Gasteiger partial charge in [-0.3, -0.25) is 0 Å². The Morgan fingerprint density at radius 2 is 2.00 bits per heavy atom. The first-order valence-corrected chi connectivity index (χ1v) is 9.68. The predicted molar refractivity (Wildman–Crippen MR) is 96.9 cm³/mol. The molecule has 0 bridgehead atoms. The zero-order valence-electron chi connectivity index (χ0n) is 14.8. The van der Waals surface area contributed by atoms with Gasteiger partial charge in [0, 0.05) is 10.9 Å². The molecule has 24 heavy (non-hydrogen) atoms. The van der Waals surface area contributed by atoms with E-state index in [2.05, 4.69) is 5.32 Å². The molecule has 1 aliphatic rings. The molecular weight excluding hydrogens is 325 g/mol. The van der Waals surface area contributed by atoms with Gasteiger partial charge >= 0.3 is 6.09 Å². The zero-order chi connectivity index (χ0) is 17.6. The lowest BCUT2D eigenvalue weighted by Crippen LogP contribution is -2.41. The summed E-state index contributed by atoms with van der Waals surface area (Å²) in [7, 11) is 0. The monoisotopic (exact) mass is 353 g/mol. The van der Waals surface area contributed by atoms with Crippen LogP contribution in [-0.2, 0) is 4.74 Å². The van der Waals surface area contributed by atoms with E-state index < -0.39 is 5.60 Å². The number of benzene rings is 1. The second kappa shape index (κ2) is 8.75. The van der Waals surface area contributed by atoms with Crippen molar-refractivity contribution in [2.75, 3.05) is 5.75 Å². The van der Waals surface area contributed by atoms with E-state index in [0.717, 1.165) is 36.3 Å². The Bertz CT molecular complexity index is 527. The van der Waals surface area contributed by atoms with Gasteiger partial charge in [0.25, 0.3) is 0 Å². The first-order valence-electron chi connectivity index (χ1n) is 8.70. The molecule has 3 nitrogen and oxygen atoms in total. The Morgan fingerprint density at radius 3 is 2.67 bits per heavy atom. The highest BCUT2D eigenvalue weighted by molar-refractivity contribution is 7.99. The van der Waals surface area contributed by atoms with Crippen LogP contribution in [-0.4, -0.2) is 23.5 Å². The highest BCUT2D eigenvalue weighted by Gasteiger charge is 2.25. The van der Waals surface area contributed by atoms with Gasteiger partial charge in [0.05, 0.1) is 0 Å². The maximum Gasteiger partial charge on any atom is 0.407 e. The molecule has 1 N–H and O–H groups in total. The van der Waals surface area contributed by atoms with E-state index in [0.29, 0.717) is 5.92 Å². The van der Waals surface area contributed by atoms with Gasteiger partial charge in [-0.1, -0.05) is 12.8 Å². The Morgan fingerprint density at radius 1 is 1.29 bits per heavy atom. The van der Waals surface area contributed by atoms with Crippen molar-refractivity contribution in [3.05, 3.63) is 30.1 Å². The second-order valence-corrected chi connectivity index (χ2v) is 8.64. The molecule has 5 heteroatoms. The number of amides is 1. The maximum absolute atomic E-state index is 12.9. The van der Waals surface area contributed by atoms with Crippen LogP contribution in [0.5, 0.6) is 0 Å². The normalized spacial score (nSPS) is 21.3. The summed E-state index contributed by atoms with van der Waals surface area (Å²) in [5.74, 6) is 1.46. The fourth-order valence-corrected chi connectivity index (χ4v) is 4.05. The Kier molecular flexibility index (Phi) is 6.96. The van der Waals surface area contributed by atoms with Crippen LogP contribution in [0.2, 0.25) is 0 Å². The van der Waals surface area contributed by atoms with E-state index >= 15 is 0 Å². The summed E-state index contributed by atoms with van der Waals surface area (Å²) >= 11 is 1.77. The summed E-state index contributed by atoms with van der Waals surface area (Å²) in [4.78, 5) is 13.0. The summed E-state index contributed by atoms with van der Waals surface area (Å²) in [6, 6.07) is 6.88. The van der Waals surface area contributed by atoms with Crippen molar-refractivity contribution in [1.29, 1.82) is 0 Å². The van der Waals surface area contributed by atoms with Crippen LogP contribution in [0.25, 0.3) is 0 Å². The van der Waals surface area contributed by atoms with Crippen LogP contribution < -0.4 is 5.32 Å². The van der Waals surface area contributed by atoms with Crippen molar-refractivity contribution in [3.8, 4) is 0 Å². The number of ether oxygens (including phenoxy) is 1. The lowest BCUT2D eigenvalue weighted by atomic mass is 9.84. The minimum absolute atomic E-state index is 0.192. The van der Waals surface area contributed by atoms with Crippen LogP contribution >= 0.6 is 11.8 Å². The van der Waals surface area contributed by atoms with Crippen LogP contribution in [0.3, 0.4) is 0 Å². The number of nitrogens with one attached hydrogen (secondary N) is 1. The number of carbonyl (C=O) groups excluding carboxylic acids is 1. The van der Waals surface area contributed by atoms with Gasteiger partial charge in [-0.2, -0.15) is 0 Å². The summed E-state index contributed by atoms with van der Waals surface area (Å²) in [6.07, 6.45) is 5.22. The number of carbonyl (C=O) groups is 1. The number of thioether (sulfide) groups is 1. The van der Waals surface area contributed by atoms with Crippen LogP contribution in [0.4, 0.5) is 9.18 Å². The fourth-order valence-electron chi connectivity index (χ4n) is 3.03. The maximum atomic E-state index is 12.9. The van der Waals surface area contributed by atoms with Gasteiger partial charge in [0.15, 0.2) is 0 Å². The average molecular weight is 354 g/mol. The van der Waals surface area contributed by atoms with Crippen LogP contribution in [0.1, 0.15) is 52.9 Å². The fraction of sp³-hybridized carbons (Fsp3) is 0.632. The predicted octanol–water partition coefficient (Wildman–Crippen LogP) is 5.39. The number of rotatable bonds is 5. The average Bonchev–Trinajstić information content (AvgIpc) is 2.48. The zero-order valence-corrected chi connectivity index (χ0v) is 15.6. The third kappa shape index (κ3) is 7.12. The molecule has 1 saturated carbocycles. The van der Waals surface area contributed by atoms with E-state index in [9.17, 15) is 9.18 Å². The molecule has 0 radical (unpaired) electrons. The molecule has 1 aromatic carbocycles. The summed E-state index contributed by atoms with van der Waals surface area (Å²) in [5, 5.41) is 3.01. The molecule has 1 aromatic rings. The topological polar surface area (TPSA) is 38.3 Å². The van der Waals surface area contributed by atoms with Gasteiger partial charge in [0.1, 0.15) is 11.4 Å². The van der Waals surface area contributed by atoms with E-state index in [4.69, 9.17) is 4.74 Å². The molecule has 0 heterocycles. The molecule has 0 spiro atoms. The van der Waals surface area contributed by atoms with Crippen molar-refractivity contribution in [1.82, 2.24) is 5.32 Å². The SMILES string of the molecule is CC(C)(C)OC(=O)N[C@H]1CCC[C@@H](CCSc2ccc(F)cc2)C1. The lowest BCUT2D eigenvalue weighted by Gasteiger charge is -2.30. The summed E-state index contributed by atoms with van der Waals surface area (Å²) in [5.41, 5.74) is -0.454. The highest BCUT2D eigenvalue weighted by atomic mass is 32.2. The molecule has 2 rings (SSSR count). The Hall–Kier alpha value is -1.23. The largest absolute Gasteiger partial charge is 0.444 e. The first-order chi connectivity index (χ1) is 11.3. The molecule has 2 atom stereocenters. The third-order valence-electron chi connectivity index (χ3n) is 4.11. The Balaban J connectivity index is 1.70. The van der Waals surface area contributed by atoms with Gasteiger partial charge in [-0.15, -0.1) is 11.8 Å². The molecule has 134 valence electrons. The van der Waals surface area contributed by atoms with E-state index in [1.165, 1.54) is 18.6 Å². The van der Waals surface area contributed by atoms with Crippen molar-refractivity contribution in [2.45, 2.75) is 69.4 Å². The van der Waals surface area contributed by atoms with Gasteiger partial charge in [-0.25, -0.2) is 9.18 Å². The molecule has 0 aliphatic heterocycles. The van der Waals surface area contributed by atoms with Crippen LogP contribution in [0, 0.1) is 11.7 Å². The Labute approximate surface area is 148 Å². The van der Waals surface area contributed by atoms with Gasteiger partial charge < -0.3 is 10.1 Å². The minimum Gasteiger partial charge on any atom is -0.444 e. The summed E-state index contributed by atoms with van der Waals surface area (Å²) < 4.78 is 18.2. The van der Waals surface area contributed by atoms with Crippen molar-refractivity contribution < 1.29 is 13.9 Å². The van der Waals surface area contributed by atoms with Crippen molar-refractivity contribution in [2.24, 2.45) is 5.92 Å². The molecule has 0 unspecified atom stereocenters. The second-order valence-electron chi connectivity index (χ2n) is 7.47. The number of alkyl carbamates (subject to hydrolysis) is 1. The molecular formula is C19H28FNO2S. The minimum atomic E-state index is -0.454. The number of halogens is 1. The molecule has 0 saturated heterocycles. The van der Waals surface area contributed by atoms with Gasteiger partial charge in [0.2, 0.25) is 0 Å². The molecule has 1 fully saturated rings. The first kappa shape index (κ1) is 19.1. The standard InChI is InChI=1S/C19H28FNO2S/c1-19(2,3)23-18(22)21-16-6-4-5-14(13-16)11-12-24-17-9-7-15(20)8-10-17/h7-10,14,16H,4-6,11-13H2,1-3H3,(H,21,22)/t14-,16-/m0/s1. The number of hydrogen-bond donors (Lipinski definition) is 1. The smallest absolute Gasteiger partial charge is 0.407 e. The van der Waals surface area contributed by atoms with Crippen molar-refractivity contribution >= 4 is 17.9 Å². The van der Waals surface area contributed by atoms with Crippen LogP contribution in [0.15, 0.2) is 29.2 Å². The van der Waals surface area contributed by atoms with E-state index in [-0.39, 0.29) is 18.0 Å². The summed E-state index contributed by atoms with van der Waals surface area (Å²) in [6.45, 7) is 5.63. The quantitative estimate of drug-likeness (QED) is 0.721. The molecule has 0 aromatic heterocycles. The lowest BCUT2D eigenvalue weighted by molar-refractivity contribution is 0.0484. The molecule has 1 aliphatic carbocycles. The van der Waals surface area contributed by atoms with Crippen molar-refractivity contribution in [3.63, 3.8) is 0 Å². The highest BCUT2D eigenvalue weighted by Crippen LogP contribution is 2.30. The number of hydrogen-bond acceptors (Lipinski definition) is 3. The third-order valence-corrected chi connectivity index (χ3v) is 5.16. The van der Waals surface area contributed by atoms with E-state index in [1.807, 2.05) is 32.9 Å². The van der Waals surface area contributed by atoms with Gasteiger partial charge in [-0.05, 0) is 76.0 Å².